The van der Waals surface area contributed by atoms with E-state index in [2.05, 4.69) is 156 Å². The van der Waals surface area contributed by atoms with E-state index in [-0.39, 0.29) is 0 Å². The van der Waals surface area contributed by atoms with E-state index in [1.54, 1.807) is 0 Å². The first-order chi connectivity index (χ1) is 17.6. The fraction of sp³-hybridized carbons (Fsp3) is 0.273. The van der Waals surface area contributed by atoms with Crippen molar-refractivity contribution in [1.29, 1.82) is 0 Å². The summed E-state index contributed by atoms with van der Waals surface area (Å²) in [5, 5.41) is 4.29. The second-order valence-electron chi connectivity index (χ2n) is 9.71. The Morgan fingerprint density at radius 1 is 0.556 bits per heavy atom. The van der Waals surface area contributed by atoms with Gasteiger partial charge in [0.05, 0.1) is 0 Å². The Kier molecular flexibility index (Phi) is 9.25. The Morgan fingerprint density at radius 3 is 1.31 bits per heavy atom. The van der Waals surface area contributed by atoms with E-state index < -0.39 is 4.25 Å². The molecule has 0 radical (unpaired) electrons. The van der Waals surface area contributed by atoms with E-state index in [0.717, 1.165) is 19.3 Å². The Bertz CT molecular complexity index is 1090. The Morgan fingerprint density at radius 2 is 0.944 bits per heavy atom. The molecule has 0 spiro atoms. The van der Waals surface area contributed by atoms with Crippen molar-refractivity contribution in [3.05, 3.63) is 121 Å². The molecule has 0 fully saturated rings. The van der Waals surface area contributed by atoms with Crippen molar-refractivity contribution < 1.29 is 0 Å². The van der Waals surface area contributed by atoms with Crippen LogP contribution in [0.3, 0.4) is 0 Å². The van der Waals surface area contributed by atoms with Gasteiger partial charge in [-0.2, -0.15) is 0 Å². The molecule has 4 aromatic carbocycles. The number of unbranched alkanes of at least 4 members (excludes halogenated alkanes) is 2. The monoisotopic (exact) mass is 607 g/mol. The number of benzene rings is 4. The Hall–Kier alpha value is -2.16. The topological polar surface area (TPSA) is 3.24 Å². The van der Waals surface area contributed by atoms with Gasteiger partial charge in [0.1, 0.15) is 0 Å². The normalized spacial score (nSPS) is 12.6. The second kappa shape index (κ2) is 12.4. The summed E-state index contributed by atoms with van der Waals surface area (Å²) in [6.07, 6.45) is 5.94. The maximum atomic E-state index is 2.89. The fourth-order valence-corrected chi connectivity index (χ4v) is 14.0. The maximum absolute atomic E-state index is 2.89. The molecule has 36 heavy (non-hydrogen) atoms. The number of halogens is 1. The first-order valence-corrected chi connectivity index (χ1v) is 18.5. The van der Waals surface area contributed by atoms with Crippen LogP contribution in [0.4, 0.5) is 5.69 Å². The summed E-state index contributed by atoms with van der Waals surface area (Å²) in [6, 6.07) is 43.1. The SMILES string of the molecule is CCCCN(CCCC)c1ccc(CP(I)(c2ccccc2)(c2ccccc2)c2ccccc2)cc1. The minimum absolute atomic E-state index is 0.994. The van der Waals surface area contributed by atoms with E-state index >= 15 is 0 Å². The molecule has 1 nitrogen and oxygen atoms in total. The molecule has 4 rings (SSSR count). The van der Waals surface area contributed by atoms with Crippen LogP contribution < -0.4 is 20.8 Å². The van der Waals surface area contributed by atoms with Crippen LogP contribution in [0.1, 0.15) is 45.1 Å². The molecular weight excluding hydrogens is 568 g/mol. The average Bonchev–Trinajstić information content (AvgIpc) is 2.95. The van der Waals surface area contributed by atoms with E-state index in [0.29, 0.717) is 0 Å². The van der Waals surface area contributed by atoms with Gasteiger partial charge in [0, 0.05) is 0 Å². The molecule has 0 saturated heterocycles. The first kappa shape index (κ1) is 26.9. The van der Waals surface area contributed by atoms with Crippen LogP contribution in [0.25, 0.3) is 0 Å². The predicted molar refractivity (Wildman–Crippen MR) is 171 cm³/mol. The van der Waals surface area contributed by atoms with Crippen molar-refractivity contribution in [1.82, 2.24) is 0 Å². The summed E-state index contributed by atoms with van der Waals surface area (Å²) in [5.41, 5.74) is 2.75. The third-order valence-corrected chi connectivity index (χ3v) is 18.3. The molecule has 4 aromatic rings. The fourth-order valence-electron chi connectivity index (χ4n) is 5.16. The van der Waals surface area contributed by atoms with E-state index in [1.165, 1.54) is 52.8 Å². The van der Waals surface area contributed by atoms with Crippen LogP contribution in [-0.2, 0) is 6.16 Å². The van der Waals surface area contributed by atoms with Gasteiger partial charge in [0.15, 0.2) is 0 Å². The minimum atomic E-state index is -2.81. The van der Waals surface area contributed by atoms with Gasteiger partial charge < -0.3 is 0 Å². The summed E-state index contributed by atoms with van der Waals surface area (Å²) < 4.78 is -2.81. The molecule has 0 atom stereocenters. The molecule has 188 valence electrons. The summed E-state index contributed by atoms with van der Waals surface area (Å²) in [6.45, 7) is 6.84. The molecule has 0 bridgehead atoms. The Balaban J connectivity index is 1.82. The van der Waals surface area contributed by atoms with Gasteiger partial charge in [-0.05, 0) is 0 Å². The molecule has 0 N–H and O–H groups in total. The molecule has 0 unspecified atom stereocenters. The van der Waals surface area contributed by atoms with Crippen molar-refractivity contribution in [2.75, 3.05) is 18.0 Å². The van der Waals surface area contributed by atoms with Crippen molar-refractivity contribution in [2.24, 2.45) is 0 Å². The molecule has 0 aliphatic rings. The van der Waals surface area contributed by atoms with E-state index in [4.69, 9.17) is 0 Å². The quantitative estimate of drug-likeness (QED) is 0.115. The first-order valence-electron chi connectivity index (χ1n) is 13.3. The number of hydrogen-bond donors (Lipinski definition) is 0. The van der Waals surface area contributed by atoms with Crippen LogP contribution in [0, 0.1) is 0 Å². The van der Waals surface area contributed by atoms with Crippen molar-refractivity contribution >= 4 is 47.9 Å². The number of anilines is 1. The van der Waals surface area contributed by atoms with Crippen LogP contribution >= 0.6 is 26.3 Å². The van der Waals surface area contributed by atoms with Gasteiger partial charge in [-0.1, -0.05) is 0 Å². The van der Waals surface area contributed by atoms with Crippen LogP contribution in [0.15, 0.2) is 115 Å². The Labute approximate surface area is 231 Å². The van der Waals surface area contributed by atoms with Crippen LogP contribution in [0.5, 0.6) is 0 Å². The predicted octanol–water partition coefficient (Wildman–Crippen LogP) is 8.47. The van der Waals surface area contributed by atoms with E-state index in [9.17, 15) is 0 Å². The van der Waals surface area contributed by atoms with Gasteiger partial charge in [-0.15, -0.1) is 0 Å². The molecular formula is C33H39INP. The zero-order chi connectivity index (χ0) is 25.3. The molecule has 3 heteroatoms. The number of nitrogens with zero attached hydrogens (tertiary/aromatic N) is 1. The summed E-state index contributed by atoms with van der Waals surface area (Å²) in [4.78, 5) is 2.58. The van der Waals surface area contributed by atoms with Crippen molar-refractivity contribution in [2.45, 2.75) is 45.7 Å². The van der Waals surface area contributed by atoms with Gasteiger partial charge in [-0.25, -0.2) is 0 Å². The summed E-state index contributed by atoms with van der Waals surface area (Å²) in [5.74, 6) is 0. The van der Waals surface area contributed by atoms with Gasteiger partial charge in [0.25, 0.3) is 0 Å². The number of rotatable bonds is 12. The standard InChI is InChI=1S/C33H39INP/c1-3-5-26-35(27-6-4-2)30-24-22-29(23-25-30)28-36(34,31-16-10-7-11-17-31,32-18-12-8-13-19-32)33-20-14-9-15-21-33/h7-25H,3-6,26-28H2,1-2H3. The number of hydrogen-bond acceptors (Lipinski definition) is 1. The summed E-state index contributed by atoms with van der Waals surface area (Å²) >= 11 is 2.89. The van der Waals surface area contributed by atoms with E-state index in [1.807, 2.05) is 0 Å². The van der Waals surface area contributed by atoms with Crippen molar-refractivity contribution in [3.8, 4) is 0 Å². The third-order valence-electron chi connectivity index (χ3n) is 7.23. The van der Waals surface area contributed by atoms with Gasteiger partial charge >= 0.3 is 232 Å². The van der Waals surface area contributed by atoms with Crippen molar-refractivity contribution in [3.63, 3.8) is 0 Å². The molecule has 0 amide bonds. The second-order valence-corrected chi connectivity index (χ2v) is 20.3. The van der Waals surface area contributed by atoms with Crippen LogP contribution in [-0.4, -0.2) is 13.1 Å². The molecule has 0 saturated carbocycles. The van der Waals surface area contributed by atoms with Crippen LogP contribution in [0.2, 0.25) is 0 Å². The average molecular weight is 608 g/mol. The molecule has 0 aliphatic heterocycles. The zero-order valence-corrected chi connectivity index (χ0v) is 24.7. The van der Waals surface area contributed by atoms with Gasteiger partial charge in [-0.3, -0.25) is 0 Å². The molecule has 0 aliphatic carbocycles. The summed E-state index contributed by atoms with van der Waals surface area (Å²) in [7, 11) is 0. The molecule has 0 heterocycles. The molecule has 0 aromatic heterocycles. The zero-order valence-electron chi connectivity index (χ0n) is 21.7. The third kappa shape index (κ3) is 5.55. The van der Waals surface area contributed by atoms with Gasteiger partial charge in [0.2, 0.25) is 0 Å².